The van der Waals surface area contributed by atoms with E-state index in [9.17, 15) is 13.2 Å². The maximum Gasteiger partial charge on any atom is 0.337 e. The predicted molar refractivity (Wildman–Crippen MR) is 73.9 cm³/mol. The van der Waals surface area contributed by atoms with Crippen molar-refractivity contribution in [2.75, 3.05) is 18.9 Å². The Morgan fingerprint density at radius 1 is 1.40 bits per heavy atom. The number of carboxylic acids is 1. The van der Waals surface area contributed by atoms with Crippen LogP contribution in [0.2, 0.25) is 0 Å². The van der Waals surface area contributed by atoms with Gasteiger partial charge >= 0.3 is 5.97 Å². The number of benzene rings is 1. The third kappa shape index (κ3) is 3.92. The van der Waals surface area contributed by atoms with Gasteiger partial charge in [-0.25, -0.2) is 17.9 Å². The fourth-order valence-corrected chi connectivity index (χ4v) is 2.79. The van der Waals surface area contributed by atoms with Crippen LogP contribution >= 0.6 is 0 Å². The van der Waals surface area contributed by atoms with E-state index in [4.69, 9.17) is 15.9 Å². The topological polar surface area (TPSA) is 130 Å². The minimum atomic E-state index is -3.99. The first-order valence-corrected chi connectivity index (χ1v) is 7.31. The van der Waals surface area contributed by atoms with Gasteiger partial charge in [0.2, 0.25) is 10.0 Å². The smallest absolute Gasteiger partial charge is 0.337 e. The standard InChI is InChI=1S/C12H18N2O5S/c1-12(2,7-15)6-14-20(18,19)10-4-3-8(13)5-9(10)11(16)17/h3-5,14-15H,6-7,13H2,1-2H3,(H,16,17). The monoisotopic (exact) mass is 302 g/mol. The van der Waals surface area contributed by atoms with Crippen molar-refractivity contribution in [3.05, 3.63) is 23.8 Å². The summed E-state index contributed by atoms with van der Waals surface area (Å²) in [6.07, 6.45) is 0. The number of carboxylic acid groups (broad SMARTS) is 1. The zero-order valence-corrected chi connectivity index (χ0v) is 12.1. The van der Waals surface area contributed by atoms with Crippen LogP contribution in [-0.4, -0.2) is 37.8 Å². The number of sulfonamides is 1. The summed E-state index contributed by atoms with van der Waals surface area (Å²) in [4.78, 5) is 10.7. The molecular weight excluding hydrogens is 284 g/mol. The van der Waals surface area contributed by atoms with Gasteiger partial charge in [-0.05, 0) is 18.2 Å². The first-order valence-electron chi connectivity index (χ1n) is 5.82. The summed E-state index contributed by atoms with van der Waals surface area (Å²) in [6.45, 7) is 3.13. The van der Waals surface area contributed by atoms with Gasteiger partial charge in [0.25, 0.3) is 0 Å². The Morgan fingerprint density at radius 2 is 2.00 bits per heavy atom. The first-order chi connectivity index (χ1) is 9.09. The Balaban J connectivity index is 3.13. The molecule has 0 unspecified atom stereocenters. The predicted octanol–water partition coefficient (Wildman–Crippen LogP) is 0.264. The van der Waals surface area contributed by atoms with Crippen LogP contribution < -0.4 is 10.5 Å². The largest absolute Gasteiger partial charge is 0.478 e. The lowest BCUT2D eigenvalue weighted by atomic mass is 9.96. The van der Waals surface area contributed by atoms with Gasteiger partial charge in [0.1, 0.15) is 0 Å². The van der Waals surface area contributed by atoms with Crippen LogP contribution in [0.25, 0.3) is 0 Å². The molecule has 0 spiro atoms. The Bertz CT molecular complexity index is 610. The van der Waals surface area contributed by atoms with Crippen LogP contribution in [0.3, 0.4) is 0 Å². The molecular formula is C12H18N2O5S. The Morgan fingerprint density at radius 3 is 2.50 bits per heavy atom. The average molecular weight is 302 g/mol. The van der Waals surface area contributed by atoms with E-state index >= 15 is 0 Å². The van der Waals surface area contributed by atoms with Crippen molar-refractivity contribution in [3.8, 4) is 0 Å². The average Bonchev–Trinajstić information content (AvgIpc) is 2.36. The molecule has 0 heterocycles. The van der Waals surface area contributed by atoms with Gasteiger partial charge in [-0.15, -0.1) is 0 Å². The normalized spacial score (nSPS) is 12.3. The minimum absolute atomic E-state index is 0.0186. The van der Waals surface area contributed by atoms with E-state index in [1.807, 2.05) is 0 Å². The first kappa shape index (κ1) is 16.4. The number of hydrogen-bond acceptors (Lipinski definition) is 5. The summed E-state index contributed by atoms with van der Waals surface area (Å²) in [5.41, 5.74) is 4.59. The van der Waals surface area contributed by atoms with Crippen molar-refractivity contribution in [2.45, 2.75) is 18.7 Å². The molecule has 7 nitrogen and oxygen atoms in total. The van der Waals surface area contributed by atoms with Gasteiger partial charge in [-0.3, -0.25) is 0 Å². The van der Waals surface area contributed by atoms with Crippen molar-refractivity contribution in [2.24, 2.45) is 5.41 Å². The minimum Gasteiger partial charge on any atom is -0.478 e. The Hall–Kier alpha value is -1.64. The van der Waals surface area contributed by atoms with Crippen molar-refractivity contribution in [3.63, 3.8) is 0 Å². The molecule has 0 aromatic heterocycles. The lowest BCUT2D eigenvalue weighted by Gasteiger charge is -2.22. The molecule has 1 aromatic rings. The molecule has 112 valence electrons. The molecule has 0 aliphatic heterocycles. The van der Waals surface area contributed by atoms with Crippen LogP contribution in [0, 0.1) is 5.41 Å². The lowest BCUT2D eigenvalue weighted by Crippen LogP contribution is -2.36. The van der Waals surface area contributed by atoms with Gasteiger partial charge in [-0.2, -0.15) is 0 Å². The number of carbonyl (C=O) groups is 1. The van der Waals surface area contributed by atoms with Crippen molar-refractivity contribution < 1.29 is 23.4 Å². The van der Waals surface area contributed by atoms with Crippen LogP contribution in [0.4, 0.5) is 5.69 Å². The van der Waals surface area contributed by atoms with Gasteiger partial charge in [-0.1, -0.05) is 13.8 Å². The maximum atomic E-state index is 12.1. The summed E-state index contributed by atoms with van der Waals surface area (Å²) < 4.78 is 26.6. The molecule has 0 saturated carbocycles. The zero-order chi connectivity index (χ0) is 15.6. The molecule has 0 aliphatic carbocycles. The number of hydrogen-bond donors (Lipinski definition) is 4. The van der Waals surface area contributed by atoms with Crippen LogP contribution in [-0.2, 0) is 10.0 Å². The van der Waals surface area contributed by atoms with Gasteiger partial charge < -0.3 is 15.9 Å². The summed E-state index contributed by atoms with van der Waals surface area (Å²) in [5.74, 6) is -1.38. The molecule has 8 heteroatoms. The van der Waals surface area contributed by atoms with Crippen molar-refractivity contribution >= 4 is 21.7 Å². The van der Waals surface area contributed by atoms with E-state index < -0.39 is 21.4 Å². The molecule has 1 rings (SSSR count). The van der Waals surface area contributed by atoms with Crippen LogP contribution in [0.15, 0.2) is 23.1 Å². The SMILES string of the molecule is CC(C)(CO)CNS(=O)(=O)c1ccc(N)cc1C(=O)O. The second kappa shape index (κ2) is 5.78. The lowest BCUT2D eigenvalue weighted by molar-refractivity contribution is 0.0692. The van der Waals surface area contributed by atoms with E-state index in [-0.39, 0.29) is 29.3 Å². The van der Waals surface area contributed by atoms with E-state index in [2.05, 4.69) is 4.72 Å². The molecule has 5 N–H and O–H groups in total. The number of anilines is 1. The molecule has 0 atom stereocenters. The van der Waals surface area contributed by atoms with Gasteiger partial charge in [0.05, 0.1) is 10.5 Å². The number of aromatic carboxylic acids is 1. The Kier molecular flexibility index (Phi) is 4.74. The number of nitrogens with one attached hydrogen (secondary N) is 1. The number of nitrogens with two attached hydrogens (primary N) is 1. The fraction of sp³-hybridized carbons (Fsp3) is 0.417. The third-order valence-electron chi connectivity index (χ3n) is 2.69. The highest BCUT2D eigenvalue weighted by Crippen LogP contribution is 2.20. The molecule has 0 aliphatic rings. The van der Waals surface area contributed by atoms with Gasteiger partial charge in [0.15, 0.2) is 0 Å². The number of aliphatic hydroxyl groups excluding tert-OH is 1. The van der Waals surface area contributed by atoms with E-state index in [0.29, 0.717) is 0 Å². The van der Waals surface area contributed by atoms with Gasteiger partial charge in [0, 0.05) is 24.3 Å². The molecule has 0 bridgehead atoms. The number of aliphatic hydroxyl groups is 1. The third-order valence-corrected chi connectivity index (χ3v) is 4.15. The van der Waals surface area contributed by atoms with Crippen molar-refractivity contribution in [1.29, 1.82) is 0 Å². The quantitative estimate of drug-likeness (QED) is 0.558. The molecule has 20 heavy (non-hydrogen) atoms. The van der Waals surface area contributed by atoms with E-state index in [0.717, 1.165) is 12.1 Å². The maximum absolute atomic E-state index is 12.1. The number of nitrogen functional groups attached to an aromatic ring is 1. The summed E-state index contributed by atoms with van der Waals surface area (Å²) in [5, 5.41) is 18.1. The highest BCUT2D eigenvalue weighted by atomic mass is 32.2. The van der Waals surface area contributed by atoms with Crippen LogP contribution in [0.5, 0.6) is 0 Å². The molecule has 1 aromatic carbocycles. The second-order valence-corrected chi connectivity index (χ2v) is 6.94. The Labute approximate surface area is 117 Å². The second-order valence-electron chi connectivity index (χ2n) is 5.21. The highest BCUT2D eigenvalue weighted by Gasteiger charge is 2.25. The molecule has 0 amide bonds. The summed E-state index contributed by atoms with van der Waals surface area (Å²) in [7, 11) is -3.99. The highest BCUT2D eigenvalue weighted by molar-refractivity contribution is 7.89. The van der Waals surface area contributed by atoms with E-state index in [1.54, 1.807) is 13.8 Å². The van der Waals surface area contributed by atoms with Crippen molar-refractivity contribution in [1.82, 2.24) is 4.72 Å². The summed E-state index contributed by atoms with van der Waals surface area (Å²) >= 11 is 0. The molecule has 0 saturated heterocycles. The molecule has 0 radical (unpaired) electrons. The number of rotatable bonds is 6. The zero-order valence-electron chi connectivity index (χ0n) is 11.3. The van der Waals surface area contributed by atoms with E-state index in [1.165, 1.54) is 6.07 Å². The molecule has 0 fully saturated rings. The fourth-order valence-electron chi connectivity index (χ4n) is 1.37. The van der Waals surface area contributed by atoms with Crippen LogP contribution in [0.1, 0.15) is 24.2 Å². The summed E-state index contributed by atoms with van der Waals surface area (Å²) in [6, 6.07) is 3.55.